The molecule has 86 valence electrons. The van der Waals surface area contributed by atoms with Gasteiger partial charge in [-0.1, -0.05) is 13.8 Å². The molecule has 1 aliphatic heterocycles. The standard InChI is InChI=1S/C7H15NO4.C2H6/c9-7(6-12-10)5-8-1-3-11-4-2-8;1-2/h7,9-10H,1-6H2;1-2H3. The molecule has 1 aliphatic rings. The number of morpholine rings is 1. The summed E-state index contributed by atoms with van der Waals surface area (Å²) in [5.74, 6) is 0. The Balaban J connectivity index is 0.000000791. The highest BCUT2D eigenvalue weighted by Crippen LogP contribution is 1.98. The van der Waals surface area contributed by atoms with Gasteiger partial charge >= 0.3 is 0 Å². The van der Waals surface area contributed by atoms with Gasteiger partial charge in [-0.25, -0.2) is 4.89 Å². The number of aliphatic hydroxyl groups excluding tert-OH is 1. The van der Waals surface area contributed by atoms with E-state index in [-0.39, 0.29) is 6.61 Å². The van der Waals surface area contributed by atoms with E-state index < -0.39 is 6.10 Å². The quantitative estimate of drug-likeness (QED) is 0.509. The van der Waals surface area contributed by atoms with Gasteiger partial charge in [0.1, 0.15) is 6.61 Å². The number of β-amino-alcohol motifs (C(OH)–C–C–N with tert-alkyl or cyclic N) is 1. The third-order valence-corrected chi connectivity index (χ3v) is 1.84. The lowest BCUT2D eigenvalue weighted by Crippen LogP contribution is -2.42. The summed E-state index contributed by atoms with van der Waals surface area (Å²) in [6, 6.07) is 0. The molecule has 0 bridgehead atoms. The minimum absolute atomic E-state index is 0.0304. The van der Waals surface area contributed by atoms with Crippen LogP contribution in [0.1, 0.15) is 13.8 Å². The van der Waals surface area contributed by atoms with Gasteiger partial charge in [-0.05, 0) is 0 Å². The van der Waals surface area contributed by atoms with Crippen LogP contribution in [0.2, 0.25) is 0 Å². The molecule has 14 heavy (non-hydrogen) atoms. The molecule has 1 atom stereocenters. The Morgan fingerprint density at radius 1 is 1.36 bits per heavy atom. The van der Waals surface area contributed by atoms with Crippen LogP contribution in [0.5, 0.6) is 0 Å². The summed E-state index contributed by atoms with van der Waals surface area (Å²) in [5.41, 5.74) is 0. The topological polar surface area (TPSA) is 62.2 Å². The molecule has 5 heteroatoms. The molecular formula is C9H21NO4. The Morgan fingerprint density at radius 3 is 2.43 bits per heavy atom. The predicted octanol–water partition coefficient (Wildman–Crippen LogP) is 0.195. The third kappa shape index (κ3) is 6.28. The molecule has 1 fully saturated rings. The first-order valence-corrected chi connectivity index (χ1v) is 5.07. The highest BCUT2D eigenvalue weighted by Gasteiger charge is 2.14. The van der Waals surface area contributed by atoms with Gasteiger partial charge in [0.25, 0.3) is 0 Å². The van der Waals surface area contributed by atoms with Gasteiger partial charge in [0.15, 0.2) is 0 Å². The van der Waals surface area contributed by atoms with E-state index in [1.165, 1.54) is 0 Å². The van der Waals surface area contributed by atoms with Crippen molar-refractivity contribution < 1.29 is 20.0 Å². The van der Waals surface area contributed by atoms with E-state index >= 15 is 0 Å². The minimum atomic E-state index is -0.618. The van der Waals surface area contributed by atoms with Crippen molar-refractivity contribution in [3.8, 4) is 0 Å². The Kier molecular flexibility index (Phi) is 9.23. The highest BCUT2D eigenvalue weighted by molar-refractivity contribution is 4.66. The molecule has 2 N–H and O–H groups in total. The fourth-order valence-corrected chi connectivity index (χ4v) is 1.22. The van der Waals surface area contributed by atoms with E-state index in [1.54, 1.807) is 0 Å². The maximum absolute atomic E-state index is 9.23. The summed E-state index contributed by atoms with van der Waals surface area (Å²) in [6.45, 7) is 7.60. The Bertz CT molecular complexity index is 117. The van der Waals surface area contributed by atoms with Crippen molar-refractivity contribution >= 4 is 0 Å². The molecule has 1 rings (SSSR count). The summed E-state index contributed by atoms with van der Waals surface area (Å²) in [6.07, 6.45) is -0.618. The summed E-state index contributed by atoms with van der Waals surface area (Å²) in [4.78, 5) is 5.91. The van der Waals surface area contributed by atoms with Gasteiger partial charge in [0.2, 0.25) is 0 Å². The fraction of sp³-hybridized carbons (Fsp3) is 1.00. The van der Waals surface area contributed by atoms with Gasteiger partial charge in [-0.15, -0.1) is 0 Å². The van der Waals surface area contributed by atoms with Crippen LogP contribution in [0.3, 0.4) is 0 Å². The van der Waals surface area contributed by atoms with E-state index in [4.69, 9.17) is 9.99 Å². The summed E-state index contributed by atoms with van der Waals surface area (Å²) in [5, 5.41) is 17.3. The first kappa shape index (κ1) is 13.8. The first-order valence-electron chi connectivity index (χ1n) is 5.07. The number of rotatable bonds is 4. The largest absolute Gasteiger partial charge is 0.389 e. The predicted molar refractivity (Wildman–Crippen MR) is 53.2 cm³/mol. The Hall–Kier alpha value is -0.200. The van der Waals surface area contributed by atoms with Crippen molar-refractivity contribution in [3.05, 3.63) is 0 Å². The van der Waals surface area contributed by atoms with Crippen LogP contribution in [-0.4, -0.2) is 60.8 Å². The van der Waals surface area contributed by atoms with E-state index in [2.05, 4.69) is 9.79 Å². The molecule has 0 aromatic carbocycles. The molecule has 0 aromatic rings. The molecule has 0 radical (unpaired) electrons. The zero-order valence-electron chi connectivity index (χ0n) is 8.98. The molecule has 0 amide bonds. The van der Waals surface area contributed by atoms with Gasteiger partial charge in [-0.2, -0.15) is 0 Å². The van der Waals surface area contributed by atoms with Crippen molar-refractivity contribution in [1.29, 1.82) is 0 Å². The van der Waals surface area contributed by atoms with E-state index in [1.807, 2.05) is 13.8 Å². The fourth-order valence-electron chi connectivity index (χ4n) is 1.22. The van der Waals surface area contributed by atoms with E-state index in [0.29, 0.717) is 19.8 Å². The monoisotopic (exact) mass is 207 g/mol. The third-order valence-electron chi connectivity index (χ3n) is 1.84. The van der Waals surface area contributed by atoms with Crippen LogP contribution < -0.4 is 0 Å². The lowest BCUT2D eigenvalue weighted by molar-refractivity contribution is -0.257. The zero-order valence-corrected chi connectivity index (χ0v) is 8.98. The van der Waals surface area contributed by atoms with Gasteiger partial charge in [0, 0.05) is 19.6 Å². The Labute approximate surface area is 85.2 Å². The van der Waals surface area contributed by atoms with Gasteiger partial charge < -0.3 is 9.84 Å². The average molecular weight is 207 g/mol. The van der Waals surface area contributed by atoms with Crippen molar-refractivity contribution in [1.82, 2.24) is 4.90 Å². The second-order valence-corrected chi connectivity index (χ2v) is 2.86. The normalized spacial score (nSPS) is 19.7. The summed E-state index contributed by atoms with van der Waals surface area (Å²) in [7, 11) is 0. The maximum atomic E-state index is 9.23. The van der Waals surface area contributed by atoms with Crippen LogP contribution in [0.4, 0.5) is 0 Å². The molecule has 5 nitrogen and oxygen atoms in total. The second-order valence-electron chi connectivity index (χ2n) is 2.86. The van der Waals surface area contributed by atoms with Crippen LogP contribution >= 0.6 is 0 Å². The van der Waals surface area contributed by atoms with Gasteiger partial charge in [-0.3, -0.25) is 10.2 Å². The lowest BCUT2D eigenvalue weighted by atomic mass is 10.3. The van der Waals surface area contributed by atoms with Crippen LogP contribution in [-0.2, 0) is 9.62 Å². The minimum Gasteiger partial charge on any atom is -0.389 e. The number of hydrogen-bond acceptors (Lipinski definition) is 5. The molecule has 1 unspecified atom stereocenters. The van der Waals surface area contributed by atoms with Crippen LogP contribution in [0.15, 0.2) is 0 Å². The maximum Gasteiger partial charge on any atom is 0.109 e. The first-order chi connectivity index (χ1) is 6.83. The van der Waals surface area contributed by atoms with E-state index in [0.717, 1.165) is 13.1 Å². The molecule has 1 heterocycles. The summed E-state index contributed by atoms with van der Waals surface area (Å²) < 4.78 is 5.14. The summed E-state index contributed by atoms with van der Waals surface area (Å²) >= 11 is 0. The highest BCUT2D eigenvalue weighted by atomic mass is 17.1. The average Bonchev–Trinajstić information content (AvgIpc) is 2.22. The lowest BCUT2D eigenvalue weighted by Gasteiger charge is -2.27. The van der Waals surface area contributed by atoms with Crippen molar-refractivity contribution in [2.75, 3.05) is 39.5 Å². The number of ether oxygens (including phenoxy) is 1. The molecule has 0 aliphatic carbocycles. The molecular weight excluding hydrogens is 186 g/mol. The van der Waals surface area contributed by atoms with Crippen LogP contribution in [0.25, 0.3) is 0 Å². The van der Waals surface area contributed by atoms with Crippen molar-refractivity contribution in [2.24, 2.45) is 0 Å². The molecule has 1 saturated heterocycles. The van der Waals surface area contributed by atoms with Gasteiger partial charge in [0.05, 0.1) is 19.3 Å². The number of aliphatic hydroxyl groups is 1. The molecule has 0 aromatic heterocycles. The second kappa shape index (κ2) is 9.36. The SMILES string of the molecule is CC.OOCC(O)CN1CCOCC1. The van der Waals surface area contributed by atoms with Crippen molar-refractivity contribution in [2.45, 2.75) is 20.0 Å². The molecule has 0 spiro atoms. The molecule has 0 saturated carbocycles. The zero-order chi connectivity index (χ0) is 10.8. The number of nitrogens with zero attached hydrogens (tertiary/aromatic N) is 1. The smallest absolute Gasteiger partial charge is 0.109 e. The Morgan fingerprint density at radius 2 is 1.93 bits per heavy atom. The number of hydrogen-bond donors (Lipinski definition) is 2. The van der Waals surface area contributed by atoms with Crippen molar-refractivity contribution in [3.63, 3.8) is 0 Å². The van der Waals surface area contributed by atoms with Crippen LogP contribution in [0, 0.1) is 0 Å². The van der Waals surface area contributed by atoms with E-state index in [9.17, 15) is 5.11 Å².